The van der Waals surface area contributed by atoms with E-state index in [9.17, 15) is 9.59 Å². The summed E-state index contributed by atoms with van der Waals surface area (Å²) in [5.41, 5.74) is 2.82. The Balaban J connectivity index is 1.71. The van der Waals surface area contributed by atoms with Gasteiger partial charge >= 0.3 is 5.97 Å². The van der Waals surface area contributed by atoms with Crippen LogP contribution in [0.2, 0.25) is 0 Å². The lowest BCUT2D eigenvalue weighted by atomic mass is 9.75. The van der Waals surface area contributed by atoms with Gasteiger partial charge in [-0.05, 0) is 57.3 Å². The molecule has 3 heterocycles. The Kier molecular flexibility index (Phi) is 7.33. The van der Waals surface area contributed by atoms with Crippen LogP contribution in [0.5, 0.6) is 0 Å². The summed E-state index contributed by atoms with van der Waals surface area (Å²) in [6, 6.07) is 0. The second kappa shape index (κ2) is 9.74. The molecule has 162 valence electrons. The van der Waals surface area contributed by atoms with Crippen LogP contribution in [0.15, 0.2) is 0 Å². The summed E-state index contributed by atoms with van der Waals surface area (Å²) in [5, 5.41) is 7.88. The van der Waals surface area contributed by atoms with Crippen molar-refractivity contribution in [1.82, 2.24) is 15.1 Å². The van der Waals surface area contributed by atoms with Crippen molar-refractivity contribution in [2.24, 2.45) is 11.3 Å². The lowest BCUT2D eigenvalue weighted by molar-refractivity contribution is -0.148. The molecule has 7 heteroatoms. The predicted octanol–water partition coefficient (Wildman–Crippen LogP) is 2.90. The van der Waals surface area contributed by atoms with Gasteiger partial charge in [-0.25, -0.2) is 0 Å². The first kappa shape index (κ1) is 21.8. The first-order valence-electron chi connectivity index (χ1n) is 11.1. The molecule has 7 nitrogen and oxygen atoms in total. The Morgan fingerprint density at radius 1 is 1.28 bits per heavy atom. The monoisotopic (exact) mass is 405 g/mol. The number of fused-ring (bicyclic) bond motifs is 1. The quantitative estimate of drug-likeness (QED) is 0.531. The van der Waals surface area contributed by atoms with E-state index in [2.05, 4.69) is 5.32 Å². The van der Waals surface area contributed by atoms with Gasteiger partial charge in [0.05, 0.1) is 18.2 Å². The van der Waals surface area contributed by atoms with Crippen LogP contribution in [0.1, 0.15) is 74.6 Å². The first-order valence-corrected chi connectivity index (χ1v) is 11.1. The number of aromatic nitrogens is 2. The number of amides is 1. The van der Waals surface area contributed by atoms with Gasteiger partial charge < -0.3 is 14.8 Å². The van der Waals surface area contributed by atoms with E-state index >= 15 is 0 Å². The molecule has 1 N–H and O–H groups in total. The van der Waals surface area contributed by atoms with E-state index in [0.717, 1.165) is 63.0 Å². The summed E-state index contributed by atoms with van der Waals surface area (Å²) in [4.78, 5) is 24.9. The summed E-state index contributed by atoms with van der Waals surface area (Å²) in [7, 11) is 0. The van der Waals surface area contributed by atoms with Gasteiger partial charge in [0.2, 0.25) is 0 Å². The van der Waals surface area contributed by atoms with Crippen LogP contribution in [0, 0.1) is 11.3 Å². The van der Waals surface area contributed by atoms with Crippen LogP contribution in [-0.4, -0.2) is 48.0 Å². The minimum atomic E-state index is -0.103. The molecule has 2 aliphatic heterocycles. The van der Waals surface area contributed by atoms with Crippen LogP contribution in [0.4, 0.5) is 0 Å². The van der Waals surface area contributed by atoms with Crippen LogP contribution in [0.3, 0.4) is 0 Å². The van der Waals surface area contributed by atoms with Crippen LogP contribution in [0.25, 0.3) is 0 Å². The molecule has 0 atom stereocenters. The molecule has 1 fully saturated rings. The molecular weight excluding hydrogens is 370 g/mol. The van der Waals surface area contributed by atoms with Crippen molar-refractivity contribution in [3.05, 3.63) is 17.0 Å². The zero-order valence-electron chi connectivity index (χ0n) is 18.1. The smallest absolute Gasteiger partial charge is 0.308 e. The second-order valence-electron chi connectivity index (χ2n) is 8.35. The van der Waals surface area contributed by atoms with E-state index in [1.165, 1.54) is 0 Å². The Bertz CT molecular complexity index is 718. The summed E-state index contributed by atoms with van der Waals surface area (Å²) < 4.78 is 12.9. The Labute approximate surface area is 173 Å². The van der Waals surface area contributed by atoms with Crippen molar-refractivity contribution in [3.63, 3.8) is 0 Å². The highest BCUT2D eigenvalue weighted by Crippen LogP contribution is 2.37. The van der Waals surface area contributed by atoms with Gasteiger partial charge in [-0.2, -0.15) is 5.10 Å². The van der Waals surface area contributed by atoms with Crippen LogP contribution in [-0.2, 0) is 33.7 Å². The van der Waals surface area contributed by atoms with Gasteiger partial charge in [0.15, 0.2) is 0 Å². The van der Waals surface area contributed by atoms with E-state index in [1.807, 2.05) is 25.5 Å². The zero-order valence-corrected chi connectivity index (χ0v) is 18.1. The second-order valence-corrected chi connectivity index (χ2v) is 8.35. The Morgan fingerprint density at radius 2 is 2.00 bits per heavy atom. The third-order valence-electron chi connectivity index (χ3n) is 6.50. The molecule has 0 saturated carbocycles. The number of nitrogens with zero attached hydrogens (tertiary/aromatic N) is 2. The van der Waals surface area contributed by atoms with E-state index in [0.29, 0.717) is 31.8 Å². The minimum Gasteiger partial charge on any atom is -0.465 e. The molecule has 1 saturated heterocycles. The fourth-order valence-electron chi connectivity index (χ4n) is 4.52. The summed E-state index contributed by atoms with van der Waals surface area (Å²) in [6.07, 6.45) is 5.82. The topological polar surface area (TPSA) is 82.4 Å². The third kappa shape index (κ3) is 4.82. The number of rotatable bonds is 8. The standard InChI is InChI=1S/C22H35N3O4/c1-4-16(5-2)21(27)29-11-7-8-18-17-14-22(9-12-28-13-10-22)15-23-20(26)19(17)25(6-3)24-18/h16H,4-15H2,1-3H3,(H,23,26). The molecule has 0 bridgehead atoms. The molecular formula is C22H35N3O4. The Morgan fingerprint density at radius 3 is 2.66 bits per heavy atom. The van der Waals surface area contributed by atoms with Gasteiger partial charge in [0, 0.05) is 31.9 Å². The SMILES string of the molecule is CCC(CC)C(=O)OCCCc1nn(CC)c2c1CC1(CCOCC1)CNC2=O. The normalized spacial score (nSPS) is 18.4. The molecule has 29 heavy (non-hydrogen) atoms. The van der Waals surface area contributed by atoms with Gasteiger partial charge in [0.1, 0.15) is 5.69 Å². The van der Waals surface area contributed by atoms with Crippen molar-refractivity contribution in [2.75, 3.05) is 26.4 Å². The van der Waals surface area contributed by atoms with Gasteiger partial charge in [-0.1, -0.05) is 13.8 Å². The highest BCUT2D eigenvalue weighted by molar-refractivity contribution is 5.94. The molecule has 1 aromatic rings. The highest BCUT2D eigenvalue weighted by Gasteiger charge is 2.39. The molecule has 3 rings (SSSR count). The molecule has 0 aliphatic carbocycles. The molecule has 0 unspecified atom stereocenters. The predicted molar refractivity (Wildman–Crippen MR) is 110 cm³/mol. The average molecular weight is 406 g/mol. The summed E-state index contributed by atoms with van der Waals surface area (Å²) in [6.45, 7) is 9.28. The van der Waals surface area contributed by atoms with Gasteiger partial charge in [0.25, 0.3) is 5.91 Å². The van der Waals surface area contributed by atoms with Crippen LogP contribution >= 0.6 is 0 Å². The zero-order chi connectivity index (χ0) is 20.9. The number of hydrogen-bond acceptors (Lipinski definition) is 5. The van der Waals surface area contributed by atoms with Gasteiger partial charge in [-0.15, -0.1) is 0 Å². The van der Waals surface area contributed by atoms with E-state index in [1.54, 1.807) is 0 Å². The largest absolute Gasteiger partial charge is 0.465 e. The maximum Gasteiger partial charge on any atom is 0.308 e. The van der Waals surface area contributed by atoms with Gasteiger partial charge in [-0.3, -0.25) is 14.3 Å². The maximum atomic E-state index is 12.8. The Hall–Kier alpha value is -1.89. The lowest BCUT2D eigenvalue weighted by Gasteiger charge is -2.36. The minimum absolute atomic E-state index is 0.0114. The van der Waals surface area contributed by atoms with Crippen molar-refractivity contribution in [2.45, 2.75) is 72.3 Å². The van der Waals surface area contributed by atoms with Crippen molar-refractivity contribution >= 4 is 11.9 Å². The lowest BCUT2D eigenvalue weighted by Crippen LogP contribution is -2.40. The number of aryl methyl sites for hydroxylation is 2. The van der Waals surface area contributed by atoms with Crippen molar-refractivity contribution in [3.8, 4) is 0 Å². The number of hydrogen-bond donors (Lipinski definition) is 1. The van der Waals surface area contributed by atoms with Crippen LogP contribution < -0.4 is 5.32 Å². The number of esters is 1. The number of carbonyl (C=O) groups excluding carboxylic acids is 2. The highest BCUT2D eigenvalue weighted by atomic mass is 16.5. The summed E-state index contributed by atoms with van der Waals surface area (Å²) in [5.74, 6) is -0.139. The molecule has 2 aliphatic rings. The van der Waals surface area contributed by atoms with E-state index in [-0.39, 0.29) is 23.2 Å². The summed E-state index contributed by atoms with van der Waals surface area (Å²) >= 11 is 0. The number of ether oxygens (including phenoxy) is 2. The average Bonchev–Trinajstić information content (AvgIpc) is 3.01. The first-order chi connectivity index (χ1) is 14.0. The molecule has 1 aromatic heterocycles. The number of carbonyl (C=O) groups is 2. The molecule has 0 radical (unpaired) electrons. The van der Waals surface area contributed by atoms with E-state index < -0.39 is 0 Å². The molecule has 1 amide bonds. The van der Waals surface area contributed by atoms with E-state index in [4.69, 9.17) is 14.6 Å². The fourth-order valence-corrected chi connectivity index (χ4v) is 4.52. The third-order valence-corrected chi connectivity index (χ3v) is 6.50. The number of nitrogens with one attached hydrogen (secondary N) is 1. The maximum absolute atomic E-state index is 12.8. The van der Waals surface area contributed by atoms with Crippen molar-refractivity contribution < 1.29 is 19.1 Å². The molecule has 1 spiro atoms. The fraction of sp³-hybridized carbons (Fsp3) is 0.773. The molecule has 0 aromatic carbocycles. The van der Waals surface area contributed by atoms with Crippen molar-refractivity contribution in [1.29, 1.82) is 0 Å².